The van der Waals surface area contributed by atoms with Gasteiger partial charge in [-0.05, 0) is 46.3 Å². The Labute approximate surface area is 99.3 Å². The van der Waals surface area contributed by atoms with Crippen molar-refractivity contribution in [2.45, 2.75) is 0 Å². The molecule has 0 amide bonds. The Bertz CT molecular complexity index is 352. The van der Waals surface area contributed by atoms with Gasteiger partial charge in [-0.3, -0.25) is 4.79 Å². The van der Waals surface area contributed by atoms with E-state index < -0.39 is 5.24 Å². The van der Waals surface area contributed by atoms with Crippen molar-refractivity contribution in [1.82, 2.24) is 0 Å². The lowest BCUT2D eigenvalue weighted by Gasteiger charge is -2.05. The van der Waals surface area contributed by atoms with Crippen LogP contribution in [0.4, 0.5) is 0 Å². The summed E-state index contributed by atoms with van der Waals surface area (Å²) in [6.07, 6.45) is 0. The van der Waals surface area contributed by atoms with Crippen LogP contribution in [0.1, 0.15) is 10.4 Å². The van der Waals surface area contributed by atoms with E-state index in [2.05, 4.69) is 0 Å². The minimum absolute atomic E-state index is 0.367. The van der Waals surface area contributed by atoms with Crippen LogP contribution in [0, 0.1) is 3.57 Å². The molecule has 0 heterocycles. The molecule has 0 saturated heterocycles. The summed E-state index contributed by atoms with van der Waals surface area (Å²) >= 11 is 13.2. The third kappa shape index (κ3) is 2.48. The fourth-order valence-corrected chi connectivity index (χ4v) is 1.90. The van der Waals surface area contributed by atoms with Gasteiger partial charge < -0.3 is 4.74 Å². The van der Waals surface area contributed by atoms with Gasteiger partial charge in [-0.25, -0.2) is 0 Å². The van der Waals surface area contributed by atoms with Gasteiger partial charge in [0, 0.05) is 3.57 Å². The number of hydrogen-bond acceptors (Lipinski definition) is 2. The Morgan fingerprint density at radius 2 is 2.15 bits per heavy atom. The fraction of sp³-hybridized carbons (Fsp3) is 0.125. The zero-order chi connectivity index (χ0) is 10.0. The topological polar surface area (TPSA) is 26.3 Å². The first kappa shape index (κ1) is 11.1. The maximum atomic E-state index is 10.9. The zero-order valence-electron chi connectivity index (χ0n) is 6.61. The summed E-state index contributed by atoms with van der Waals surface area (Å²) in [5.41, 5.74) is 0.367. The summed E-state index contributed by atoms with van der Waals surface area (Å²) in [6.45, 7) is 0. The van der Waals surface area contributed by atoms with E-state index in [0.29, 0.717) is 19.9 Å². The monoisotopic (exact) mass is 330 g/mol. The highest BCUT2D eigenvalue weighted by atomic mass is 127. The molecule has 0 N–H and O–H groups in total. The Balaban J connectivity index is 3.33. The van der Waals surface area contributed by atoms with Crippen LogP contribution in [0.5, 0.6) is 5.75 Å². The van der Waals surface area contributed by atoms with Gasteiger partial charge in [0.2, 0.25) is 0 Å². The minimum Gasteiger partial charge on any atom is -0.497 e. The van der Waals surface area contributed by atoms with Crippen LogP contribution in [0.15, 0.2) is 12.1 Å². The van der Waals surface area contributed by atoms with Crippen LogP contribution in [0.3, 0.4) is 0 Å². The second-order valence-corrected chi connectivity index (χ2v) is 4.07. The van der Waals surface area contributed by atoms with Crippen molar-refractivity contribution in [2.24, 2.45) is 0 Å². The van der Waals surface area contributed by atoms with E-state index in [1.165, 1.54) is 7.11 Å². The fourth-order valence-electron chi connectivity index (χ4n) is 0.825. The molecule has 70 valence electrons. The van der Waals surface area contributed by atoms with Gasteiger partial charge in [0.15, 0.2) is 0 Å². The molecule has 0 unspecified atom stereocenters. The molecule has 0 bridgehead atoms. The maximum absolute atomic E-state index is 10.9. The summed E-state index contributed by atoms with van der Waals surface area (Å²) in [5.74, 6) is 0.523. The Morgan fingerprint density at radius 1 is 1.54 bits per heavy atom. The van der Waals surface area contributed by atoms with Crippen molar-refractivity contribution in [3.8, 4) is 5.75 Å². The third-order valence-electron chi connectivity index (χ3n) is 1.45. The van der Waals surface area contributed by atoms with Crippen LogP contribution in [-0.4, -0.2) is 12.4 Å². The molecule has 0 aliphatic carbocycles. The smallest absolute Gasteiger partial charge is 0.253 e. The predicted molar refractivity (Wildman–Crippen MR) is 60.9 cm³/mol. The SMILES string of the molecule is COc1cc(Cl)c(I)c(C(=O)Cl)c1. The van der Waals surface area contributed by atoms with Crippen molar-refractivity contribution in [1.29, 1.82) is 0 Å². The minimum atomic E-state index is -0.537. The molecule has 0 aromatic heterocycles. The highest BCUT2D eigenvalue weighted by Gasteiger charge is 2.12. The first-order valence-corrected chi connectivity index (χ1v) is 5.12. The lowest BCUT2D eigenvalue weighted by molar-refractivity contribution is 0.108. The molecule has 0 aliphatic rings. The standard InChI is InChI=1S/C8H5Cl2IO2/c1-13-4-2-5(8(10)12)7(11)6(9)3-4/h2-3H,1H3. The highest BCUT2D eigenvalue weighted by Crippen LogP contribution is 2.28. The molecule has 0 aliphatic heterocycles. The molecule has 0 radical (unpaired) electrons. The largest absolute Gasteiger partial charge is 0.497 e. The highest BCUT2D eigenvalue weighted by molar-refractivity contribution is 14.1. The number of ether oxygens (including phenoxy) is 1. The lowest BCUT2D eigenvalue weighted by Crippen LogP contribution is -1.95. The van der Waals surface area contributed by atoms with Crippen LogP contribution in [0.25, 0.3) is 0 Å². The van der Waals surface area contributed by atoms with Crippen molar-refractivity contribution < 1.29 is 9.53 Å². The number of carbonyl (C=O) groups excluding carboxylic acids is 1. The molecular weight excluding hydrogens is 326 g/mol. The number of halogens is 3. The van der Waals surface area contributed by atoms with Crippen molar-refractivity contribution in [3.05, 3.63) is 26.3 Å². The second-order valence-electron chi connectivity index (χ2n) is 2.24. The molecule has 0 atom stereocenters. The van der Waals surface area contributed by atoms with E-state index in [-0.39, 0.29) is 0 Å². The molecule has 0 spiro atoms. The maximum Gasteiger partial charge on any atom is 0.253 e. The van der Waals surface area contributed by atoms with Crippen molar-refractivity contribution >= 4 is 51.0 Å². The molecule has 0 saturated carbocycles. The summed E-state index contributed by atoms with van der Waals surface area (Å²) in [7, 11) is 1.50. The van der Waals surface area contributed by atoms with Gasteiger partial charge in [-0.1, -0.05) is 11.6 Å². The molecule has 5 heteroatoms. The summed E-state index contributed by atoms with van der Waals surface area (Å²) in [4.78, 5) is 10.9. The summed E-state index contributed by atoms with van der Waals surface area (Å²) in [6, 6.07) is 3.19. The predicted octanol–water partition coefficient (Wildman–Crippen LogP) is 3.33. The van der Waals surface area contributed by atoms with Gasteiger partial charge >= 0.3 is 0 Å². The molecular formula is C8H5Cl2IO2. The second kappa shape index (κ2) is 4.48. The quantitative estimate of drug-likeness (QED) is 0.614. The van der Waals surface area contributed by atoms with Gasteiger partial charge in [0.05, 0.1) is 17.7 Å². The van der Waals surface area contributed by atoms with E-state index in [1.54, 1.807) is 12.1 Å². The molecule has 1 aromatic carbocycles. The normalized spacial score (nSPS) is 9.85. The molecule has 2 nitrogen and oxygen atoms in total. The van der Waals surface area contributed by atoms with Crippen molar-refractivity contribution in [2.75, 3.05) is 7.11 Å². The molecule has 1 aromatic rings. The number of hydrogen-bond donors (Lipinski definition) is 0. The lowest BCUT2D eigenvalue weighted by atomic mass is 10.2. The third-order valence-corrected chi connectivity index (χ3v) is 3.43. The van der Waals surface area contributed by atoms with E-state index >= 15 is 0 Å². The number of methoxy groups -OCH3 is 1. The molecule has 13 heavy (non-hydrogen) atoms. The average Bonchev–Trinajstić information content (AvgIpc) is 2.09. The van der Waals surface area contributed by atoms with Gasteiger partial charge in [0.25, 0.3) is 5.24 Å². The van der Waals surface area contributed by atoms with E-state index in [4.69, 9.17) is 27.9 Å². The summed E-state index contributed by atoms with van der Waals surface area (Å²) < 4.78 is 5.58. The first-order valence-electron chi connectivity index (χ1n) is 3.29. The Morgan fingerprint density at radius 3 is 2.62 bits per heavy atom. The Hall–Kier alpha value is -0.000000000000000167. The average molecular weight is 331 g/mol. The molecule has 0 fully saturated rings. The van der Waals surface area contributed by atoms with Crippen LogP contribution < -0.4 is 4.74 Å². The zero-order valence-corrected chi connectivity index (χ0v) is 10.3. The number of rotatable bonds is 2. The van der Waals surface area contributed by atoms with Crippen LogP contribution >= 0.6 is 45.8 Å². The van der Waals surface area contributed by atoms with Gasteiger partial charge in [-0.2, -0.15) is 0 Å². The van der Waals surface area contributed by atoms with E-state index in [9.17, 15) is 4.79 Å². The van der Waals surface area contributed by atoms with E-state index in [0.717, 1.165) is 0 Å². The number of benzene rings is 1. The van der Waals surface area contributed by atoms with Crippen molar-refractivity contribution in [3.63, 3.8) is 0 Å². The Kier molecular flexibility index (Phi) is 3.82. The van der Waals surface area contributed by atoms with E-state index in [1.807, 2.05) is 22.6 Å². The first-order chi connectivity index (χ1) is 6.06. The van der Waals surface area contributed by atoms with Crippen LogP contribution in [0.2, 0.25) is 5.02 Å². The van der Waals surface area contributed by atoms with Crippen LogP contribution in [-0.2, 0) is 0 Å². The summed E-state index contributed by atoms with van der Waals surface area (Å²) in [5, 5.41) is -0.0749. The molecule has 1 rings (SSSR count). The number of carbonyl (C=O) groups is 1. The van der Waals surface area contributed by atoms with Gasteiger partial charge in [-0.15, -0.1) is 0 Å². The van der Waals surface area contributed by atoms with Gasteiger partial charge in [0.1, 0.15) is 5.75 Å².